The van der Waals surface area contributed by atoms with Gasteiger partial charge in [0.1, 0.15) is 24.6 Å². The number of H-pyrrole nitrogens is 1. The average Bonchev–Trinajstić information content (AvgIpc) is 3.86. The fraction of sp³-hybridized carbons (Fsp3) is 0.237. The number of anilines is 1. The average molecular weight is 707 g/mol. The summed E-state index contributed by atoms with van der Waals surface area (Å²) in [6, 6.07) is 25.2. The number of nitrogens with one attached hydrogen (secondary N) is 3. The van der Waals surface area contributed by atoms with Crippen LogP contribution in [0.4, 0.5) is 10.6 Å². The number of ether oxygens (including phenoxy) is 1. The van der Waals surface area contributed by atoms with Crippen molar-refractivity contribution in [3.63, 3.8) is 0 Å². The van der Waals surface area contributed by atoms with Crippen LogP contribution in [0.2, 0.25) is 10.0 Å². The molecule has 0 spiro atoms. The summed E-state index contributed by atoms with van der Waals surface area (Å²) >= 11 is 12.9. The van der Waals surface area contributed by atoms with Crippen molar-refractivity contribution in [3.05, 3.63) is 118 Å². The van der Waals surface area contributed by atoms with Crippen molar-refractivity contribution in [3.8, 4) is 11.1 Å². The SMILES string of the molecule is C[C@H](Nc1ncnc2cc(C(=O)N3CC[C@H](CNC(=O)OCC4c5ccccc5-c5ccccc54)C3)c(Cl)cc12)c1nc2cc(Cl)ccc2[nH]1. The minimum atomic E-state index is -0.461. The molecule has 0 unspecified atom stereocenters. The smallest absolute Gasteiger partial charge is 0.407 e. The highest BCUT2D eigenvalue weighted by Crippen LogP contribution is 2.44. The molecule has 3 heterocycles. The molecule has 1 aliphatic heterocycles. The molecule has 8 rings (SSSR count). The molecule has 1 saturated heterocycles. The first-order chi connectivity index (χ1) is 24.3. The maximum Gasteiger partial charge on any atom is 0.407 e. The molecule has 12 heteroatoms. The third-order valence-electron chi connectivity index (χ3n) is 9.63. The van der Waals surface area contributed by atoms with Gasteiger partial charge in [-0.2, -0.15) is 0 Å². The van der Waals surface area contributed by atoms with Crippen LogP contribution in [-0.2, 0) is 4.74 Å². The molecule has 50 heavy (non-hydrogen) atoms. The molecule has 3 N–H and O–H groups in total. The van der Waals surface area contributed by atoms with Crippen molar-refractivity contribution in [2.24, 2.45) is 5.92 Å². The van der Waals surface area contributed by atoms with Gasteiger partial charge in [-0.25, -0.2) is 19.7 Å². The number of carbonyl (C=O) groups excluding carboxylic acids is 2. The molecule has 1 fully saturated rings. The number of rotatable bonds is 8. The van der Waals surface area contributed by atoms with Gasteiger partial charge >= 0.3 is 6.09 Å². The first-order valence-electron chi connectivity index (χ1n) is 16.6. The molecule has 2 atom stereocenters. The highest BCUT2D eigenvalue weighted by Gasteiger charge is 2.31. The van der Waals surface area contributed by atoms with Crippen molar-refractivity contribution in [2.75, 3.05) is 31.6 Å². The summed E-state index contributed by atoms with van der Waals surface area (Å²) in [4.78, 5) is 45.0. The number of benzene rings is 4. The standard InChI is InChI=1S/C38H33Cl2N7O3/c1-21(35-45-32-11-10-23(39)14-34(32)46-35)44-36-29-15-31(40)28(16-33(29)42-20-43-36)37(48)47-13-12-22(18-47)17-41-38(49)50-19-30-26-8-4-2-6-24(26)25-7-3-5-9-27(25)30/h2-11,14-16,20-22,30H,12-13,17-19H2,1H3,(H,41,49)(H,45,46)(H,42,43,44)/t21-,22+/m0/s1. The molecule has 252 valence electrons. The first kappa shape index (κ1) is 32.0. The largest absolute Gasteiger partial charge is 0.449 e. The van der Waals surface area contributed by atoms with Crippen LogP contribution in [0, 0.1) is 5.92 Å². The van der Waals surface area contributed by atoms with Crippen LogP contribution in [-0.4, -0.2) is 63.1 Å². The summed E-state index contributed by atoms with van der Waals surface area (Å²) in [6.07, 6.45) is 1.75. The predicted molar refractivity (Wildman–Crippen MR) is 195 cm³/mol. The number of imidazole rings is 1. The summed E-state index contributed by atoms with van der Waals surface area (Å²) in [5.74, 6) is 1.21. The number of nitrogens with zero attached hydrogens (tertiary/aromatic N) is 4. The van der Waals surface area contributed by atoms with E-state index in [2.05, 4.69) is 54.8 Å². The van der Waals surface area contributed by atoms with Crippen molar-refractivity contribution in [2.45, 2.75) is 25.3 Å². The number of aromatic amines is 1. The molecule has 2 amide bonds. The highest BCUT2D eigenvalue weighted by molar-refractivity contribution is 6.35. The van der Waals surface area contributed by atoms with E-state index in [4.69, 9.17) is 27.9 Å². The minimum absolute atomic E-state index is 0.00313. The Kier molecular flexibility index (Phi) is 8.50. The number of fused-ring (bicyclic) bond motifs is 5. The summed E-state index contributed by atoms with van der Waals surface area (Å²) in [5.41, 5.74) is 7.32. The van der Waals surface area contributed by atoms with E-state index in [9.17, 15) is 9.59 Å². The normalized spacial score (nSPS) is 16.0. The quantitative estimate of drug-likeness (QED) is 0.147. The van der Waals surface area contributed by atoms with Gasteiger partial charge in [-0.15, -0.1) is 0 Å². The summed E-state index contributed by atoms with van der Waals surface area (Å²) < 4.78 is 5.70. The van der Waals surface area contributed by atoms with Gasteiger partial charge in [0, 0.05) is 36.0 Å². The molecular weight excluding hydrogens is 673 g/mol. The van der Waals surface area contributed by atoms with Crippen LogP contribution in [0.5, 0.6) is 0 Å². The topological polar surface area (TPSA) is 125 Å². The van der Waals surface area contributed by atoms with Crippen molar-refractivity contribution < 1.29 is 14.3 Å². The second kappa shape index (κ2) is 13.3. The number of aromatic nitrogens is 4. The number of carbonyl (C=O) groups is 2. The number of hydrogen-bond donors (Lipinski definition) is 3. The fourth-order valence-electron chi connectivity index (χ4n) is 7.06. The van der Waals surface area contributed by atoms with Crippen LogP contribution >= 0.6 is 23.2 Å². The molecule has 0 bridgehead atoms. The van der Waals surface area contributed by atoms with E-state index >= 15 is 0 Å². The molecule has 2 aliphatic rings. The minimum Gasteiger partial charge on any atom is -0.449 e. The maximum atomic E-state index is 13.7. The van der Waals surface area contributed by atoms with Gasteiger partial charge in [0.2, 0.25) is 0 Å². The van der Waals surface area contributed by atoms with E-state index in [0.29, 0.717) is 52.0 Å². The maximum absolute atomic E-state index is 13.7. The van der Waals surface area contributed by atoms with Gasteiger partial charge in [0.25, 0.3) is 5.91 Å². The Bertz CT molecular complexity index is 2230. The third kappa shape index (κ3) is 6.09. The van der Waals surface area contributed by atoms with Crippen LogP contribution < -0.4 is 10.6 Å². The zero-order chi connectivity index (χ0) is 34.4. The summed E-state index contributed by atoms with van der Waals surface area (Å²) in [6.45, 7) is 3.68. The molecule has 1 aliphatic carbocycles. The second-order valence-electron chi connectivity index (χ2n) is 12.8. The number of likely N-dealkylation sites (tertiary alicyclic amines) is 1. The Balaban J connectivity index is 0.881. The van der Waals surface area contributed by atoms with Gasteiger partial charge in [-0.1, -0.05) is 71.7 Å². The van der Waals surface area contributed by atoms with Gasteiger partial charge in [0.05, 0.1) is 33.2 Å². The first-order valence-corrected chi connectivity index (χ1v) is 17.3. The highest BCUT2D eigenvalue weighted by atomic mass is 35.5. The van der Waals surface area contributed by atoms with Crippen molar-refractivity contribution in [1.29, 1.82) is 0 Å². The van der Waals surface area contributed by atoms with E-state index in [-0.39, 0.29) is 30.4 Å². The lowest BCUT2D eigenvalue weighted by Crippen LogP contribution is -2.33. The van der Waals surface area contributed by atoms with Gasteiger partial charge in [-0.05, 0) is 71.8 Å². The van der Waals surface area contributed by atoms with Crippen molar-refractivity contribution >= 4 is 63.0 Å². The zero-order valence-corrected chi connectivity index (χ0v) is 28.6. The fourth-order valence-corrected chi connectivity index (χ4v) is 7.47. The van der Waals surface area contributed by atoms with E-state index in [1.807, 2.05) is 49.4 Å². The zero-order valence-electron chi connectivity index (χ0n) is 27.1. The molecule has 0 saturated carbocycles. The molecule has 0 radical (unpaired) electrons. The Morgan fingerprint density at radius 1 is 0.980 bits per heavy atom. The molecule has 10 nitrogen and oxygen atoms in total. The predicted octanol–water partition coefficient (Wildman–Crippen LogP) is 7.99. The van der Waals surface area contributed by atoms with Crippen LogP contribution in [0.25, 0.3) is 33.1 Å². The summed E-state index contributed by atoms with van der Waals surface area (Å²) in [5, 5.41) is 7.92. The summed E-state index contributed by atoms with van der Waals surface area (Å²) in [7, 11) is 0. The van der Waals surface area contributed by atoms with Crippen LogP contribution in [0.3, 0.4) is 0 Å². The van der Waals surface area contributed by atoms with Crippen LogP contribution in [0.15, 0.2) is 85.2 Å². The Morgan fingerprint density at radius 2 is 1.74 bits per heavy atom. The lowest BCUT2D eigenvalue weighted by atomic mass is 9.98. The number of hydrogen-bond acceptors (Lipinski definition) is 7. The Labute approximate surface area is 298 Å². The van der Waals surface area contributed by atoms with Crippen molar-refractivity contribution in [1.82, 2.24) is 30.2 Å². The molecular formula is C38H33Cl2N7O3. The number of halogens is 2. The van der Waals surface area contributed by atoms with Gasteiger partial charge in [-0.3, -0.25) is 4.79 Å². The molecule has 2 aromatic heterocycles. The number of amides is 2. The monoisotopic (exact) mass is 705 g/mol. The Morgan fingerprint density at radius 3 is 2.52 bits per heavy atom. The molecule has 4 aromatic carbocycles. The molecule has 6 aromatic rings. The second-order valence-corrected chi connectivity index (χ2v) is 13.7. The van der Waals surface area contributed by atoms with Gasteiger partial charge < -0.3 is 25.3 Å². The Hall–Kier alpha value is -5.19. The third-order valence-corrected chi connectivity index (χ3v) is 10.2. The van der Waals surface area contributed by atoms with E-state index < -0.39 is 6.09 Å². The van der Waals surface area contributed by atoms with E-state index in [1.54, 1.807) is 17.0 Å². The lowest BCUT2D eigenvalue weighted by Gasteiger charge is -2.19. The number of alkyl carbamates (subject to hydrolysis) is 1. The van der Waals surface area contributed by atoms with E-state index in [0.717, 1.165) is 23.3 Å². The van der Waals surface area contributed by atoms with Gasteiger partial charge in [0.15, 0.2) is 0 Å². The van der Waals surface area contributed by atoms with E-state index in [1.165, 1.54) is 28.6 Å². The lowest BCUT2D eigenvalue weighted by molar-refractivity contribution is 0.0787. The van der Waals surface area contributed by atoms with Crippen LogP contribution in [0.1, 0.15) is 52.6 Å².